The molecule has 1 unspecified atom stereocenters. The molecule has 0 aliphatic carbocycles. The smallest absolute Gasteiger partial charge is 0.421 e. The third kappa shape index (κ3) is 2.17. The second kappa shape index (κ2) is 4.44. The Morgan fingerprint density at radius 2 is 1.88 bits per heavy atom. The van der Waals surface area contributed by atoms with E-state index in [0.29, 0.717) is 0 Å². The molecular formula is C11H13F3O3. The maximum Gasteiger partial charge on any atom is 0.421 e. The van der Waals surface area contributed by atoms with Crippen LogP contribution in [-0.4, -0.2) is 23.5 Å². The van der Waals surface area contributed by atoms with Crippen molar-refractivity contribution in [2.24, 2.45) is 0 Å². The molecule has 0 aliphatic rings. The Morgan fingerprint density at radius 3 is 2.29 bits per heavy atom. The van der Waals surface area contributed by atoms with Crippen LogP contribution in [0.25, 0.3) is 0 Å². The normalized spacial score (nSPS) is 15.4. The first-order valence-corrected chi connectivity index (χ1v) is 4.93. The molecule has 0 saturated heterocycles. The van der Waals surface area contributed by atoms with Gasteiger partial charge in [-0.05, 0) is 12.5 Å². The van der Waals surface area contributed by atoms with Crippen molar-refractivity contribution in [1.82, 2.24) is 0 Å². The topological polar surface area (TPSA) is 49.7 Å². The Hall–Kier alpha value is -1.43. The second-order valence-electron chi connectivity index (χ2n) is 3.57. The number of phenolic OH excluding ortho intramolecular Hbond substituents is 1. The minimum Gasteiger partial charge on any atom is -0.504 e. The molecule has 0 aliphatic heterocycles. The maximum absolute atomic E-state index is 12.8. The van der Waals surface area contributed by atoms with E-state index in [0.717, 1.165) is 6.07 Å². The number of methoxy groups -OCH3 is 1. The molecular weight excluding hydrogens is 237 g/mol. The number of hydrogen-bond acceptors (Lipinski definition) is 3. The number of aliphatic hydroxyl groups is 1. The van der Waals surface area contributed by atoms with Crippen LogP contribution in [0.1, 0.15) is 18.9 Å². The molecule has 0 bridgehead atoms. The number of para-hydroxylation sites is 1. The van der Waals surface area contributed by atoms with Gasteiger partial charge in [0.2, 0.25) is 0 Å². The van der Waals surface area contributed by atoms with Gasteiger partial charge in [0.25, 0.3) is 0 Å². The highest BCUT2D eigenvalue weighted by Gasteiger charge is 2.55. The molecule has 3 nitrogen and oxygen atoms in total. The van der Waals surface area contributed by atoms with E-state index in [1.807, 2.05) is 0 Å². The molecule has 0 saturated carbocycles. The van der Waals surface area contributed by atoms with Crippen LogP contribution in [-0.2, 0) is 5.60 Å². The molecule has 0 fully saturated rings. The van der Waals surface area contributed by atoms with Crippen LogP contribution in [0.2, 0.25) is 0 Å². The van der Waals surface area contributed by atoms with Gasteiger partial charge in [-0.1, -0.05) is 19.1 Å². The Morgan fingerprint density at radius 1 is 1.29 bits per heavy atom. The predicted octanol–water partition coefficient (Wildman–Crippen LogP) is 2.56. The van der Waals surface area contributed by atoms with E-state index in [1.54, 1.807) is 0 Å². The molecule has 0 heterocycles. The van der Waals surface area contributed by atoms with Crippen LogP contribution in [0.3, 0.4) is 0 Å². The van der Waals surface area contributed by atoms with Gasteiger partial charge in [0.15, 0.2) is 17.1 Å². The minimum absolute atomic E-state index is 0.112. The third-order valence-electron chi connectivity index (χ3n) is 2.65. The van der Waals surface area contributed by atoms with E-state index in [4.69, 9.17) is 4.74 Å². The van der Waals surface area contributed by atoms with Crippen molar-refractivity contribution in [3.63, 3.8) is 0 Å². The number of alkyl halides is 3. The number of rotatable bonds is 3. The summed E-state index contributed by atoms with van der Waals surface area (Å²) in [7, 11) is 1.22. The van der Waals surface area contributed by atoms with Crippen LogP contribution in [0.4, 0.5) is 13.2 Å². The van der Waals surface area contributed by atoms with Gasteiger partial charge in [-0.2, -0.15) is 13.2 Å². The highest BCUT2D eigenvalue weighted by Crippen LogP contribution is 2.46. The van der Waals surface area contributed by atoms with Crippen LogP contribution < -0.4 is 4.74 Å². The zero-order chi connectivity index (χ0) is 13.3. The summed E-state index contributed by atoms with van der Waals surface area (Å²) in [6.45, 7) is 1.19. The van der Waals surface area contributed by atoms with Crippen LogP contribution in [0, 0.1) is 0 Å². The summed E-state index contributed by atoms with van der Waals surface area (Å²) in [5.41, 5.74) is -3.68. The standard InChI is InChI=1S/C11H13F3O3/c1-3-10(16,11(12,13)14)7-5-4-6-8(17-2)9(7)15/h4-6,15-16H,3H2,1-2H3. The molecule has 1 aromatic carbocycles. The quantitative estimate of drug-likeness (QED) is 0.866. The van der Waals surface area contributed by atoms with E-state index in [2.05, 4.69) is 0 Å². The SMILES string of the molecule is CCC(O)(c1cccc(OC)c1O)C(F)(F)F. The minimum atomic E-state index is -4.87. The van der Waals surface area contributed by atoms with Crippen LogP contribution in [0.5, 0.6) is 11.5 Å². The molecule has 17 heavy (non-hydrogen) atoms. The Bertz CT molecular complexity index is 403. The van der Waals surface area contributed by atoms with Crippen molar-refractivity contribution in [3.05, 3.63) is 23.8 Å². The molecule has 0 aromatic heterocycles. The fourth-order valence-corrected chi connectivity index (χ4v) is 1.56. The average Bonchev–Trinajstić information content (AvgIpc) is 2.27. The lowest BCUT2D eigenvalue weighted by atomic mass is 9.89. The summed E-state index contributed by atoms with van der Waals surface area (Å²) in [5.74, 6) is -0.810. The maximum atomic E-state index is 12.8. The second-order valence-corrected chi connectivity index (χ2v) is 3.57. The fourth-order valence-electron chi connectivity index (χ4n) is 1.56. The zero-order valence-corrected chi connectivity index (χ0v) is 9.38. The lowest BCUT2D eigenvalue weighted by Crippen LogP contribution is -2.41. The number of halogens is 3. The summed E-state index contributed by atoms with van der Waals surface area (Å²) in [4.78, 5) is 0. The lowest BCUT2D eigenvalue weighted by Gasteiger charge is -2.30. The van der Waals surface area contributed by atoms with Crippen LogP contribution in [0.15, 0.2) is 18.2 Å². The number of aromatic hydroxyl groups is 1. The summed E-state index contributed by atoms with van der Waals surface area (Å²) in [6.07, 6.45) is -5.47. The van der Waals surface area contributed by atoms with Crippen LogP contribution >= 0.6 is 0 Å². The van der Waals surface area contributed by atoms with Gasteiger partial charge < -0.3 is 14.9 Å². The Labute approximate surface area is 96.5 Å². The average molecular weight is 250 g/mol. The van der Waals surface area contributed by atoms with Gasteiger partial charge in [-0.15, -0.1) is 0 Å². The van der Waals surface area contributed by atoms with E-state index in [1.165, 1.54) is 26.2 Å². The molecule has 2 N–H and O–H groups in total. The van der Waals surface area contributed by atoms with E-state index >= 15 is 0 Å². The van der Waals surface area contributed by atoms with Gasteiger partial charge in [0.05, 0.1) is 7.11 Å². The fraction of sp³-hybridized carbons (Fsp3) is 0.455. The van der Waals surface area contributed by atoms with Gasteiger partial charge >= 0.3 is 6.18 Å². The third-order valence-corrected chi connectivity index (χ3v) is 2.65. The van der Waals surface area contributed by atoms with Gasteiger partial charge in [0, 0.05) is 5.56 Å². The van der Waals surface area contributed by atoms with Crippen molar-refractivity contribution in [2.75, 3.05) is 7.11 Å². The summed E-state index contributed by atoms with van der Waals surface area (Å²) in [6, 6.07) is 3.61. The van der Waals surface area contributed by atoms with Gasteiger partial charge in [0.1, 0.15) is 0 Å². The first-order chi connectivity index (χ1) is 7.78. The summed E-state index contributed by atoms with van der Waals surface area (Å²) >= 11 is 0. The monoisotopic (exact) mass is 250 g/mol. The first kappa shape index (κ1) is 13.6. The number of benzene rings is 1. The van der Waals surface area contributed by atoms with E-state index in [9.17, 15) is 23.4 Å². The lowest BCUT2D eigenvalue weighted by molar-refractivity contribution is -0.268. The molecule has 0 radical (unpaired) electrons. The number of ether oxygens (including phenoxy) is 1. The molecule has 96 valence electrons. The molecule has 0 spiro atoms. The zero-order valence-electron chi connectivity index (χ0n) is 9.38. The van der Waals surface area contributed by atoms with Crippen molar-refractivity contribution in [1.29, 1.82) is 0 Å². The number of hydrogen-bond donors (Lipinski definition) is 2. The predicted molar refractivity (Wildman–Crippen MR) is 54.9 cm³/mol. The molecule has 0 amide bonds. The van der Waals surface area contributed by atoms with Crippen molar-refractivity contribution >= 4 is 0 Å². The number of phenols is 1. The van der Waals surface area contributed by atoms with Crippen molar-refractivity contribution in [3.8, 4) is 11.5 Å². The molecule has 1 atom stereocenters. The van der Waals surface area contributed by atoms with E-state index in [-0.39, 0.29) is 5.75 Å². The van der Waals surface area contributed by atoms with Crippen molar-refractivity contribution in [2.45, 2.75) is 25.1 Å². The van der Waals surface area contributed by atoms with E-state index < -0.39 is 29.5 Å². The van der Waals surface area contributed by atoms with Gasteiger partial charge in [-0.25, -0.2) is 0 Å². The Kier molecular flexibility index (Phi) is 3.56. The molecule has 6 heteroatoms. The Balaban J connectivity index is 3.41. The summed E-state index contributed by atoms with van der Waals surface area (Å²) in [5, 5.41) is 19.3. The summed E-state index contributed by atoms with van der Waals surface area (Å²) < 4.78 is 43.1. The molecule has 1 rings (SSSR count). The highest BCUT2D eigenvalue weighted by atomic mass is 19.4. The van der Waals surface area contributed by atoms with Crippen molar-refractivity contribution < 1.29 is 28.1 Å². The highest BCUT2D eigenvalue weighted by molar-refractivity contribution is 5.48. The molecule has 1 aromatic rings. The largest absolute Gasteiger partial charge is 0.504 e. The first-order valence-electron chi connectivity index (χ1n) is 4.93. The van der Waals surface area contributed by atoms with Gasteiger partial charge in [-0.3, -0.25) is 0 Å².